The predicted molar refractivity (Wildman–Crippen MR) is 136 cm³/mol. The quantitative estimate of drug-likeness (QED) is 0.440. The van der Waals surface area contributed by atoms with Gasteiger partial charge in [-0.15, -0.1) is 0 Å². The lowest BCUT2D eigenvalue weighted by Gasteiger charge is -2.39. The van der Waals surface area contributed by atoms with Gasteiger partial charge in [0.05, 0.1) is 24.0 Å². The highest BCUT2D eigenvalue weighted by atomic mass is 16.5. The summed E-state index contributed by atoms with van der Waals surface area (Å²) >= 11 is 0. The second-order valence-electron chi connectivity index (χ2n) is 10.7. The second kappa shape index (κ2) is 9.04. The molecule has 7 heteroatoms. The van der Waals surface area contributed by atoms with E-state index in [1.165, 1.54) is 11.1 Å². The molecule has 0 spiro atoms. The third kappa shape index (κ3) is 4.09. The summed E-state index contributed by atoms with van der Waals surface area (Å²) in [5.74, 6) is 1.43. The molecule has 3 fully saturated rings. The molecule has 1 aliphatic carbocycles. The number of piperidine rings is 1. The zero-order valence-corrected chi connectivity index (χ0v) is 21.2. The highest BCUT2D eigenvalue weighted by molar-refractivity contribution is 5.89. The van der Waals surface area contributed by atoms with Crippen LogP contribution in [0, 0.1) is 20.8 Å². The fourth-order valence-corrected chi connectivity index (χ4v) is 6.27. The molecule has 0 amide bonds. The number of anilines is 1. The molecule has 2 unspecified atom stereocenters. The first-order valence-corrected chi connectivity index (χ1v) is 13.1. The van der Waals surface area contributed by atoms with Crippen molar-refractivity contribution in [3.05, 3.63) is 64.0 Å². The van der Waals surface area contributed by atoms with Gasteiger partial charge in [0.25, 0.3) is 0 Å². The maximum absolute atomic E-state index is 11.4. The van der Waals surface area contributed by atoms with Crippen LogP contribution in [0.15, 0.2) is 34.9 Å². The number of carbonyl (C=O) groups is 1. The third-order valence-corrected chi connectivity index (χ3v) is 8.20. The average molecular weight is 488 g/mol. The highest BCUT2D eigenvalue weighted by Gasteiger charge is 2.42. The summed E-state index contributed by atoms with van der Waals surface area (Å²) in [6.45, 7) is 6.55. The van der Waals surface area contributed by atoms with Crippen LogP contribution >= 0.6 is 0 Å². The van der Waals surface area contributed by atoms with Gasteiger partial charge in [-0.05, 0) is 82.6 Å². The van der Waals surface area contributed by atoms with Gasteiger partial charge in [0.2, 0.25) is 0 Å². The van der Waals surface area contributed by atoms with Crippen molar-refractivity contribution in [3.63, 3.8) is 0 Å². The van der Waals surface area contributed by atoms with Crippen molar-refractivity contribution in [2.45, 2.75) is 90.0 Å². The van der Waals surface area contributed by atoms with E-state index in [2.05, 4.69) is 47.1 Å². The lowest BCUT2D eigenvalue weighted by atomic mass is 9.96. The maximum atomic E-state index is 11.4. The second-order valence-corrected chi connectivity index (χ2v) is 10.7. The summed E-state index contributed by atoms with van der Waals surface area (Å²) in [5, 5.41) is 13.9. The lowest BCUT2D eigenvalue weighted by Crippen LogP contribution is -2.46. The molecule has 2 aromatic heterocycles. The van der Waals surface area contributed by atoms with Crippen LogP contribution in [0.25, 0.3) is 11.3 Å². The van der Waals surface area contributed by atoms with E-state index in [4.69, 9.17) is 9.26 Å². The van der Waals surface area contributed by atoms with E-state index >= 15 is 0 Å². The van der Waals surface area contributed by atoms with E-state index in [9.17, 15) is 9.90 Å². The average Bonchev–Trinajstić information content (AvgIpc) is 3.55. The summed E-state index contributed by atoms with van der Waals surface area (Å²) in [7, 11) is 0. The van der Waals surface area contributed by atoms with Crippen LogP contribution in [0.2, 0.25) is 0 Å². The third-order valence-electron chi connectivity index (χ3n) is 8.20. The number of hydrogen-bond donors (Lipinski definition) is 1. The molecule has 2 bridgehead atoms. The Balaban J connectivity index is 1.20. The fraction of sp³-hybridized carbons (Fsp3) is 0.483. The fourth-order valence-electron chi connectivity index (χ4n) is 6.27. The number of carboxylic acids is 1. The van der Waals surface area contributed by atoms with Crippen LogP contribution in [-0.2, 0) is 11.3 Å². The van der Waals surface area contributed by atoms with Crippen molar-refractivity contribution in [1.29, 1.82) is 0 Å². The molecule has 36 heavy (non-hydrogen) atoms. The Hall–Kier alpha value is -3.19. The molecule has 1 saturated carbocycles. The summed E-state index contributed by atoms with van der Waals surface area (Å²) in [6.07, 6.45) is 6.60. The largest absolute Gasteiger partial charge is 0.478 e. The van der Waals surface area contributed by atoms with E-state index in [0.29, 0.717) is 30.3 Å². The number of pyridine rings is 1. The minimum Gasteiger partial charge on any atom is -0.478 e. The van der Waals surface area contributed by atoms with Gasteiger partial charge in [0.15, 0.2) is 0 Å². The molecule has 188 valence electrons. The SMILES string of the molecule is Cc1cccc(C)c1-c1noc(C2CC2)c1COC1CC2CCC(C1)N2c1ccc(C(=O)O)c(C)n1. The van der Waals surface area contributed by atoms with Gasteiger partial charge >= 0.3 is 5.97 Å². The minimum absolute atomic E-state index is 0.172. The minimum atomic E-state index is -0.929. The smallest absolute Gasteiger partial charge is 0.337 e. The molecule has 4 heterocycles. The molecule has 2 atom stereocenters. The molecular weight excluding hydrogens is 454 g/mol. The standard InChI is InChI=1S/C29H33N3O4/c1-16-5-4-6-17(2)26(16)27-24(28(36-31-27)19-7-8-19)15-35-22-13-20-9-10-21(14-22)32(20)25-12-11-23(29(33)34)18(3)30-25/h4-6,11-12,19-22H,7-10,13-15H2,1-3H3,(H,33,34). The molecule has 3 aromatic rings. The number of aryl methyl sites for hydroxylation is 3. The van der Waals surface area contributed by atoms with Crippen LogP contribution in [0.3, 0.4) is 0 Å². The number of aromatic nitrogens is 2. The maximum Gasteiger partial charge on any atom is 0.337 e. The molecule has 2 aliphatic heterocycles. The van der Waals surface area contributed by atoms with Crippen molar-refractivity contribution in [2.75, 3.05) is 4.90 Å². The molecule has 0 radical (unpaired) electrons. The zero-order valence-electron chi connectivity index (χ0n) is 21.2. The lowest BCUT2D eigenvalue weighted by molar-refractivity contribution is 0.0146. The Kier molecular flexibility index (Phi) is 5.83. The number of nitrogens with zero attached hydrogens (tertiary/aromatic N) is 3. The number of carboxylic acid groups (broad SMARTS) is 1. The van der Waals surface area contributed by atoms with Crippen molar-refractivity contribution in [1.82, 2.24) is 10.1 Å². The molecule has 1 N–H and O–H groups in total. The Morgan fingerprint density at radius 1 is 1.06 bits per heavy atom. The normalized spacial score (nSPS) is 23.3. The van der Waals surface area contributed by atoms with Crippen LogP contribution in [0.4, 0.5) is 5.82 Å². The number of fused-ring (bicyclic) bond motifs is 2. The molecule has 2 saturated heterocycles. The molecule has 7 nitrogen and oxygen atoms in total. The zero-order chi connectivity index (χ0) is 25.0. The first-order valence-electron chi connectivity index (χ1n) is 13.1. The van der Waals surface area contributed by atoms with Gasteiger partial charge in [-0.25, -0.2) is 9.78 Å². The number of rotatable bonds is 7. The van der Waals surface area contributed by atoms with E-state index in [0.717, 1.165) is 66.9 Å². The number of hydrogen-bond acceptors (Lipinski definition) is 6. The molecule has 1 aromatic carbocycles. The summed E-state index contributed by atoms with van der Waals surface area (Å²) in [4.78, 5) is 18.5. The van der Waals surface area contributed by atoms with Gasteiger partial charge in [0, 0.05) is 29.1 Å². The van der Waals surface area contributed by atoms with Gasteiger partial charge < -0.3 is 19.3 Å². The van der Waals surface area contributed by atoms with E-state index in [1.54, 1.807) is 13.0 Å². The summed E-state index contributed by atoms with van der Waals surface area (Å²) in [5.41, 5.74) is 6.45. The van der Waals surface area contributed by atoms with Crippen LogP contribution < -0.4 is 4.90 Å². The molecular formula is C29H33N3O4. The summed E-state index contributed by atoms with van der Waals surface area (Å²) in [6, 6.07) is 10.6. The van der Waals surface area contributed by atoms with Crippen LogP contribution in [-0.4, -0.2) is 39.4 Å². The van der Waals surface area contributed by atoms with Crippen molar-refractivity contribution >= 4 is 11.8 Å². The number of benzene rings is 1. The topological polar surface area (TPSA) is 88.7 Å². The van der Waals surface area contributed by atoms with E-state index in [1.807, 2.05) is 6.07 Å². The van der Waals surface area contributed by atoms with Gasteiger partial charge in [-0.2, -0.15) is 0 Å². The Labute approximate surface area is 211 Å². The van der Waals surface area contributed by atoms with Crippen LogP contribution in [0.1, 0.15) is 82.9 Å². The number of aromatic carboxylic acids is 1. The first-order chi connectivity index (χ1) is 17.4. The molecule has 6 rings (SSSR count). The van der Waals surface area contributed by atoms with E-state index in [-0.39, 0.29) is 11.7 Å². The van der Waals surface area contributed by atoms with Gasteiger partial charge in [-0.3, -0.25) is 0 Å². The predicted octanol–water partition coefficient (Wildman–Crippen LogP) is 5.95. The monoisotopic (exact) mass is 487 g/mol. The molecule has 3 aliphatic rings. The van der Waals surface area contributed by atoms with Gasteiger partial charge in [-0.1, -0.05) is 23.4 Å². The van der Waals surface area contributed by atoms with Crippen molar-refractivity contribution < 1.29 is 19.2 Å². The first kappa shape index (κ1) is 23.2. The van der Waals surface area contributed by atoms with Crippen molar-refractivity contribution in [2.24, 2.45) is 0 Å². The highest BCUT2D eigenvalue weighted by Crippen LogP contribution is 2.46. The number of ether oxygens (including phenoxy) is 1. The Bertz CT molecular complexity index is 1280. The van der Waals surface area contributed by atoms with Crippen molar-refractivity contribution in [3.8, 4) is 11.3 Å². The van der Waals surface area contributed by atoms with Gasteiger partial charge in [0.1, 0.15) is 17.3 Å². The van der Waals surface area contributed by atoms with E-state index < -0.39 is 5.97 Å². The summed E-state index contributed by atoms with van der Waals surface area (Å²) < 4.78 is 12.5. The Morgan fingerprint density at radius 2 is 1.75 bits per heavy atom. The van der Waals surface area contributed by atoms with Crippen LogP contribution in [0.5, 0.6) is 0 Å². The Morgan fingerprint density at radius 3 is 2.36 bits per heavy atom.